The smallest absolute Gasteiger partial charge is 0.433 e. The highest BCUT2D eigenvalue weighted by atomic mass is 19.4. The van der Waals surface area contributed by atoms with Crippen molar-refractivity contribution in [1.82, 2.24) is 0 Å². The normalized spacial score (nSPS) is 15.8. The van der Waals surface area contributed by atoms with E-state index < -0.39 is 30.3 Å². The van der Waals surface area contributed by atoms with E-state index in [4.69, 9.17) is 0 Å². The number of alkyl halides is 4. The second-order valence-corrected chi connectivity index (χ2v) is 4.21. The van der Waals surface area contributed by atoms with Gasteiger partial charge in [-0.2, -0.15) is 13.2 Å². The van der Waals surface area contributed by atoms with Crippen LogP contribution in [0.3, 0.4) is 0 Å². The lowest BCUT2D eigenvalue weighted by molar-refractivity contribution is -0.242. The van der Waals surface area contributed by atoms with Gasteiger partial charge in [0, 0.05) is 6.42 Å². The number of hydrogen-bond donors (Lipinski definition) is 0. The summed E-state index contributed by atoms with van der Waals surface area (Å²) in [4.78, 5) is 11.2. The number of hydrogen-bond acceptors (Lipinski definition) is 2. The molecule has 0 saturated heterocycles. The Balaban J connectivity index is 4.78. The van der Waals surface area contributed by atoms with E-state index in [1.54, 1.807) is 6.92 Å². The Morgan fingerprint density at radius 2 is 1.71 bits per heavy atom. The zero-order valence-electron chi connectivity index (χ0n) is 10.2. The van der Waals surface area contributed by atoms with Crippen LogP contribution >= 0.6 is 0 Å². The molecule has 6 heteroatoms. The Labute approximate surface area is 98.3 Å². The van der Waals surface area contributed by atoms with E-state index in [2.05, 4.69) is 4.74 Å². The Hall–Kier alpha value is -0.810. The number of ether oxygens (including phenoxy) is 1. The van der Waals surface area contributed by atoms with Crippen LogP contribution < -0.4 is 0 Å². The van der Waals surface area contributed by atoms with Crippen molar-refractivity contribution in [3.63, 3.8) is 0 Å². The van der Waals surface area contributed by atoms with Gasteiger partial charge in [-0.1, -0.05) is 19.8 Å². The molecule has 2 nitrogen and oxygen atoms in total. The summed E-state index contributed by atoms with van der Waals surface area (Å²) < 4.78 is 55.8. The lowest BCUT2D eigenvalue weighted by Gasteiger charge is -2.26. The summed E-state index contributed by atoms with van der Waals surface area (Å²) in [5.74, 6) is -1.84. The van der Waals surface area contributed by atoms with Crippen LogP contribution in [0.4, 0.5) is 17.6 Å². The van der Waals surface area contributed by atoms with Crippen molar-refractivity contribution in [2.45, 2.75) is 64.4 Å². The first-order valence-corrected chi connectivity index (χ1v) is 5.62. The first-order chi connectivity index (χ1) is 7.65. The molecule has 102 valence electrons. The number of carbonyl (C=O) groups excluding carboxylic acids is 1. The molecular weight excluding hydrogens is 240 g/mol. The highest BCUT2D eigenvalue weighted by Gasteiger charge is 2.62. The summed E-state index contributed by atoms with van der Waals surface area (Å²) in [5.41, 5.74) is -3.88. The minimum Gasteiger partial charge on any atom is -0.460 e. The maximum Gasteiger partial charge on any atom is 0.433 e. The standard InChI is InChI=1S/C11H18F4O2/c1-4-5-6-7-10(12,11(13,14)15)9(16)17-8(2)3/h8H,4-7H2,1-3H3. The predicted molar refractivity (Wildman–Crippen MR) is 55.3 cm³/mol. The molecule has 0 saturated carbocycles. The van der Waals surface area contributed by atoms with E-state index >= 15 is 0 Å². The fourth-order valence-electron chi connectivity index (χ4n) is 1.29. The molecule has 0 aromatic heterocycles. The molecule has 0 fully saturated rings. The molecule has 0 rings (SSSR count). The Morgan fingerprint density at radius 1 is 1.18 bits per heavy atom. The van der Waals surface area contributed by atoms with E-state index in [0.29, 0.717) is 12.8 Å². The van der Waals surface area contributed by atoms with Crippen LogP contribution in [0.1, 0.15) is 46.5 Å². The number of carbonyl (C=O) groups is 1. The van der Waals surface area contributed by atoms with Gasteiger partial charge in [0.2, 0.25) is 0 Å². The van der Waals surface area contributed by atoms with Gasteiger partial charge in [0.25, 0.3) is 0 Å². The molecule has 0 bridgehead atoms. The maximum absolute atomic E-state index is 13.8. The molecule has 0 aliphatic rings. The third-order valence-electron chi connectivity index (χ3n) is 2.24. The monoisotopic (exact) mass is 258 g/mol. The van der Waals surface area contributed by atoms with Crippen molar-refractivity contribution in [2.75, 3.05) is 0 Å². The molecule has 17 heavy (non-hydrogen) atoms. The lowest BCUT2D eigenvalue weighted by Crippen LogP contribution is -2.49. The lowest BCUT2D eigenvalue weighted by atomic mass is 9.97. The minimum absolute atomic E-state index is 0.000292. The largest absolute Gasteiger partial charge is 0.460 e. The van der Waals surface area contributed by atoms with Crippen molar-refractivity contribution in [3.8, 4) is 0 Å². The van der Waals surface area contributed by atoms with Crippen LogP contribution in [0.2, 0.25) is 0 Å². The molecular formula is C11H18F4O2. The van der Waals surface area contributed by atoms with Crippen LogP contribution in [-0.2, 0) is 9.53 Å². The average Bonchev–Trinajstić information content (AvgIpc) is 2.14. The van der Waals surface area contributed by atoms with E-state index in [1.807, 2.05) is 0 Å². The summed E-state index contributed by atoms with van der Waals surface area (Å²) in [6.07, 6.45) is -5.79. The van der Waals surface area contributed by atoms with Crippen molar-refractivity contribution in [3.05, 3.63) is 0 Å². The van der Waals surface area contributed by atoms with E-state index in [-0.39, 0.29) is 6.42 Å². The van der Waals surface area contributed by atoms with Gasteiger partial charge >= 0.3 is 17.8 Å². The number of rotatable bonds is 6. The van der Waals surface area contributed by atoms with Gasteiger partial charge in [0.05, 0.1) is 6.10 Å². The number of unbranched alkanes of at least 4 members (excludes halogenated alkanes) is 2. The van der Waals surface area contributed by atoms with Gasteiger partial charge in [0.1, 0.15) is 0 Å². The first-order valence-electron chi connectivity index (χ1n) is 5.62. The quantitative estimate of drug-likeness (QED) is 0.411. The fraction of sp³-hybridized carbons (Fsp3) is 0.909. The van der Waals surface area contributed by atoms with E-state index in [1.165, 1.54) is 13.8 Å². The molecule has 1 atom stereocenters. The summed E-state index contributed by atoms with van der Waals surface area (Å²) in [7, 11) is 0. The maximum atomic E-state index is 13.8. The molecule has 0 spiro atoms. The molecule has 0 radical (unpaired) electrons. The molecule has 0 aliphatic heterocycles. The predicted octanol–water partition coefficient (Wildman–Crippen LogP) is 3.79. The highest BCUT2D eigenvalue weighted by Crippen LogP contribution is 2.39. The topological polar surface area (TPSA) is 26.3 Å². The van der Waals surface area contributed by atoms with Crippen molar-refractivity contribution in [1.29, 1.82) is 0 Å². The Morgan fingerprint density at radius 3 is 2.06 bits per heavy atom. The molecule has 0 heterocycles. The van der Waals surface area contributed by atoms with Gasteiger partial charge in [-0.25, -0.2) is 9.18 Å². The fourth-order valence-corrected chi connectivity index (χ4v) is 1.29. The zero-order valence-corrected chi connectivity index (χ0v) is 10.2. The number of esters is 1. The molecule has 0 aromatic carbocycles. The highest BCUT2D eigenvalue weighted by molar-refractivity contribution is 5.80. The molecule has 0 aliphatic carbocycles. The molecule has 1 unspecified atom stereocenters. The minimum atomic E-state index is -5.23. The van der Waals surface area contributed by atoms with Crippen LogP contribution in [0.15, 0.2) is 0 Å². The van der Waals surface area contributed by atoms with Crippen molar-refractivity contribution >= 4 is 5.97 Å². The Kier molecular flexibility index (Phi) is 5.92. The second kappa shape index (κ2) is 6.21. The Bertz CT molecular complexity index is 250. The summed E-state index contributed by atoms with van der Waals surface area (Å²) in [6, 6.07) is 0. The van der Waals surface area contributed by atoms with Gasteiger partial charge < -0.3 is 4.74 Å². The van der Waals surface area contributed by atoms with Crippen molar-refractivity contribution < 1.29 is 27.1 Å². The van der Waals surface area contributed by atoms with E-state index in [0.717, 1.165) is 0 Å². The molecule has 0 amide bonds. The molecule has 0 aromatic rings. The van der Waals surface area contributed by atoms with E-state index in [9.17, 15) is 22.4 Å². The SMILES string of the molecule is CCCCCC(F)(C(=O)OC(C)C)C(F)(F)F. The van der Waals surface area contributed by atoms with Crippen molar-refractivity contribution in [2.24, 2.45) is 0 Å². The zero-order chi connectivity index (χ0) is 13.7. The number of halogens is 4. The van der Waals surface area contributed by atoms with Gasteiger partial charge in [0.15, 0.2) is 0 Å². The third kappa shape index (κ3) is 4.52. The average molecular weight is 258 g/mol. The third-order valence-corrected chi connectivity index (χ3v) is 2.24. The van der Waals surface area contributed by atoms with Gasteiger partial charge in [-0.15, -0.1) is 0 Å². The van der Waals surface area contributed by atoms with Crippen LogP contribution in [0, 0.1) is 0 Å². The summed E-state index contributed by atoms with van der Waals surface area (Å²) in [5, 5.41) is 0. The van der Waals surface area contributed by atoms with Crippen LogP contribution in [0.5, 0.6) is 0 Å². The van der Waals surface area contributed by atoms with Crippen LogP contribution in [0.25, 0.3) is 0 Å². The van der Waals surface area contributed by atoms with Gasteiger partial charge in [-0.05, 0) is 20.3 Å². The second-order valence-electron chi connectivity index (χ2n) is 4.21. The van der Waals surface area contributed by atoms with Gasteiger partial charge in [-0.3, -0.25) is 0 Å². The van der Waals surface area contributed by atoms with Crippen LogP contribution in [-0.4, -0.2) is 23.9 Å². The summed E-state index contributed by atoms with van der Waals surface area (Å²) in [6.45, 7) is 4.53. The summed E-state index contributed by atoms with van der Waals surface area (Å²) >= 11 is 0. The molecule has 0 N–H and O–H groups in total. The first kappa shape index (κ1) is 16.2.